The van der Waals surface area contributed by atoms with Crippen LogP contribution in [0.25, 0.3) is 0 Å². The highest BCUT2D eigenvalue weighted by molar-refractivity contribution is 5.91. The third kappa shape index (κ3) is 3.96. The predicted octanol–water partition coefficient (Wildman–Crippen LogP) is 3.38. The fourth-order valence-corrected chi connectivity index (χ4v) is 1.86. The van der Waals surface area contributed by atoms with Gasteiger partial charge >= 0.3 is 0 Å². The lowest BCUT2D eigenvalue weighted by atomic mass is 10.1. The number of benzene rings is 2. The van der Waals surface area contributed by atoms with Crippen LogP contribution in [0.3, 0.4) is 0 Å². The van der Waals surface area contributed by atoms with E-state index in [-0.39, 0.29) is 11.7 Å². The van der Waals surface area contributed by atoms with Crippen LogP contribution < -0.4 is 5.32 Å². The van der Waals surface area contributed by atoms with Crippen molar-refractivity contribution >= 4 is 11.6 Å². The lowest BCUT2D eigenvalue weighted by molar-refractivity contribution is -0.116. The van der Waals surface area contributed by atoms with Gasteiger partial charge in [-0.2, -0.15) is 0 Å². The Balaban J connectivity index is 1.91. The number of terminal acetylenes is 1. The van der Waals surface area contributed by atoms with Crippen molar-refractivity contribution in [1.29, 1.82) is 0 Å². The average molecular weight is 267 g/mol. The van der Waals surface area contributed by atoms with Crippen molar-refractivity contribution in [2.75, 3.05) is 5.32 Å². The van der Waals surface area contributed by atoms with Gasteiger partial charge in [-0.3, -0.25) is 4.79 Å². The van der Waals surface area contributed by atoms with Crippen LogP contribution in [0.4, 0.5) is 10.1 Å². The maximum absolute atomic E-state index is 13.0. The van der Waals surface area contributed by atoms with Gasteiger partial charge in [0.2, 0.25) is 5.91 Å². The Morgan fingerprint density at radius 3 is 2.75 bits per heavy atom. The molecule has 0 unspecified atom stereocenters. The van der Waals surface area contributed by atoms with Crippen LogP contribution in [0, 0.1) is 18.2 Å². The van der Waals surface area contributed by atoms with Crippen molar-refractivity contribution in [2.45, 2.75) is 12.8 Å². The van der Waals surface area contributed by atoms with E-state index in [1.165, 1.54) is 12.1 Å². The zero-order valence-corrected chi connectivity index (χ0v) is 10.9. The topological polar surface area (TPSA) is 29.1 Å². The van der Waals surface area contributed by atoms with Gasteiger partial charge in [0, 0.05) is 17.7 Å². The summed E-state index contributed by atoms with van der Waals surface area (Å²) in [6.07, 6.45) is 6.09. The molecule has 2 aromatic rings. The fourth-order valence-electron chi connectivity index (χ4n) is 1.86. The van der Waals surface area contributed by atoms with Crippen LogP contribution >= 0.6 is 0 Å². The second kappa shape index (κ2) is 6.53. The minimum atomic E-state index is -0.287. The van der Waals surface area contributed by atoms with E-state index in [9.17, 15) is 9.18 Å². The molecule has 0 radical (unpaired) electrons. The highest BCUT2D eigenvalue weighted by atomic mass is 19.1. The van der Waals surface area contributed by atoms with Crippen LogP contribution in [0.1, 0.15) is 17.5 Å². The summed E-state index contributed by atoms with van der Waals surface area (Å²) < 4.78 is 13.0. The van der Waals surface area contributed by atoms with E-state index in [4.69, 9.17) is 6.42 Å². The van der Waals surface area contributed by atoms with Crippen molar-refractivity contribution in [1.82, 2.24) is 0 Å². The molecular weight excluding hydrogens is 253 g/mol. The number of hydrogen-bond acceptors (Lipinski definition) is 1. The molecule has 2 aromatic carbocycles. The van der Waals surface area contributed by atoms with E-state index in [1.54, 1.807) is 36.4 Å². The Bertz CT molecular complexity index is 658. The van der Waals surface area contributed by atoms with Crippen LogP contribution in [0.15, 0.2) is 48.5 Å². The predicted molar refractivity (Wildman–Crippen MR) is 77.7 cm³/mol. The van der Waals surface area contributed by atoms with Crippen molar-refractivity contribution < 1.29 is 9.18 Å². The third-order valence-corrected chi connectivity index (χ3v) is 2.84. The molecule has 20 heavy (non-hydrogen) atoms. The smallest absolute Gasteiger partial charge is 0.224 e. The Kier molecular flexibility index (Phi) is 4.52. The summed E-state index contributed by atoms with van der Waals surface area (Å²) >= 11 is 0. The van der Waals surface area contributed by atoms with Crippen molar-refractivity contribution in [3.8, 4) is 12.3 Å². The molecule has 0 spiro atoms. The Labute approximate surface area is 117 Å². The molecule has 2 rings (SSSR count). The molecule has 0 aliphatic carbocycles. The molecule has 0 aliphatic heterocycles. The van der Waals surface area contributed by atoms with Crippen LogP contribution in [-0.2, 0) is 11.2 Å². The summed E-state index contributed by atoms with van der Waals surface area (Å²) in [5.74, 6) is 2.10. The molecule has 0 atom stereocenters. The average Bonchev–Trinajstić information content (AvgIpc) is 2.45. The lowest BCUT2D eigenvalue weighted by Crippen LogP contribution is -2.12. The molecule has 0 saturated carbocycles. The first-order chi connectivity index (χ1) is 9.67. The second-order valence-electron chi connectivity index (χ2n) is 4.40. The van der Waals surface area contributed by atoms with E-state index in [2.05, 4.69) is 11.2 Å². The summed E-state index contributed by atoms with van der Waals surface area (Å²) in [5, 5.41) is 2.77. The number of halogens is 1. The van der Waals surface area contributed by atoms with Gasteiger partial charge in [-0.1, -0.05) is 24.1 Å². The number of nitrogens with one attached hydrogen (secondary N) is 1. The minimum Gasteiger partial charge on any atom is -0.326 e. The molecule has 1 amide bonds. The zero-order chi connectivity index (χ0) is 14.4. The molecule has 100 valence electrons. The summed E-state index contributed by atoms with van der Waals surface area (Å²) in [5.41, 5.74) is 2.19. The number of anilines is 1. The molecule has 0 aromatic heterocycles. The van der Waals surface area contributed by atoms with Crippen LogP contribution in [0.5, 0.6) is 0 Å². The van der Waals surface area contributed by atoms with Gasteiger partial charge < -0.3 is 5.32 Å². The van der Waals surface area contributed by atoms with E-state index < -0.39 is 0 Å². The molecule has 2 nitrogen and oxygen atoms in total. The second-order valence-corrected chi connectivity index (χ2v) is 4.40. The number of aryl methyl sites for hydroxylation is 1. The standard InChI is InChI=1S/C17H14FNO/c1-2-13-5-4-8-16(12-13)19-17(20)10-9-14-6-3-7-15(18)11-14/h1,3-8,11-12H,9-10H2,(H,19,20). The summed E-state index contributed by atoms with van der Waals surface area (Å²) in [4.78, 5) is 11.8. The van der Waals surface area contributed by atoms with Gasteiger partial charge in [-0.25, -0.2) is 4.39 Å². The minimum absolute atomic E-state index is 0.122. The van der Waals surface area contributed by atoms with E-state index in [0.717, 1.165) is 5.56 Å². The summed E-state index contributed by atoms with van der Waals surface area (Å²) in [7, 11) is 0. The SMILES string of the molecule is C#Cc1cccc(NC(=O)CCc2cccc(F)c2)c1. The molecule has 0 bridgehead atoms. The monoisotopic (exact) mass is 267 g/mol. The van der Waals surface area contributed by atoms with Gasteiger partial charge in [-0.05, 0) is 42.3 Å². The van der Waals surface area contributed by atoms with E-state index >= 15 is 0 Å². The van der Waals surface area contributed by atoms with Gasteiger partial charge in [0.05, 0.1) is 0 Å². The van der Waals surface area contributed by atoms with E-state index in [1.807, 2.05) is 0 Å². The zero-order valence-electron chi connectivity index (χ0n) is 10.9. The Hall–Kier alpha value is -2.60. The highest BCUT2D eigenvalue weighted by Gasteiger charge is 2.04. The Morgan fingerprint density at radius 2 is 2.00 bits per heavy atom. The van der Waals surface area contributed by atoms with Gasteiger partial charge in [0.25, 0.3) is 0 Å². The number of carbonyl (C=O) groups excluding carboxylic acids is 1. The van der Waals surface area contributed by atoms with Crippen LogP contribution in [-0.4, -0.2) is 5.91 Å². The maximum atomic E-state index is 13.0. The fraction of sp³-hybridized carbons (Fsp3) is 0.118. The van der Waals surface area contributed by atoms with Crippen molar-refractivity contribution in [2.24, 2.45) is 0 Å². The summed E-state index contributed by atoms with van der Waals surface area (Å²) in [6, 6.07) is 13.4. The van der Waals surface area contributed by atoms with Gasteiger partial charge in [0.15, 0.2) is 0 Å². The number of amides is 1. The summed E-state index contributed by atoms with van der Waals surface area (Å²) in [6.45, 7) is 0. The largest absolute Gasteiger partial charge is 0.326 e. The highest BCUT2D eigenvalue weighted by Crippen LogP contribution is 2.11. The molecule has 3 heteroatoms. The van der Waals surface area contributed by atoms with Crippen molar-refractivity contribution in [3.63, 3.8) is 0 Å². The molecular formula is C17H14FNO. The first kappa shape index (κ1) is 13.8. The quantitative estimate of drug-likeness (QED) is 0.845. The molecule has 0 aliphatic rings. The Morgan fingerprint density at radius 1 is 1.20 bits per heavy atom. The van der Waals surface area contributed by atoms with Crippen molar-refractivity contribution in [3.05, 3.63) is 65.5 Å². The van der Waals surface area contributed by atoms with Crippen LogP contribution in [0.2, 0.25) is 0 Å². The number of carbonyl (C=O) groups is 1. The molecule has 0 heterocycles. The normalized spacial score (nSPS) is 9.80. The maximum Gasteiger partial charge on any atom is 0.224 e. The first-order valence-electron chi connectivity index (χ1n) is 6.28. The first-order valence-corrected chi connectivity index (χ1v) is 6.28. The molecule has 0 saturated heterocycles. The lowest BCUT2D eigenvalue weighted by Gasteiger charge is -2.06. The number of hydrogen-bond donors (Lipinski definition) is 1. The van der Waals surface area contributed by atoms with E-state index in [0.29, 0.717) is 24.1 Å². The molecule has 0 fully saturated rings. The van der Waals surface area contributed by atoms with Gasteiger partial charge in [-0.15, -0.1) is 6.42 Å². The third-order valence-electron chi connectivity index (χ3n) is 2.84. The molecule has 1 N–H and O–H groups in total. The van der Waals surface area contributed by atoms with Gasteiger partial charge in [0.1, 0.15) is 5.82 Å². The number of rotatable bonds is 4.